The Balaban J connectivity index is 1.94. The molecule has 0 bridgehead atoms. The second-order valence-electron chi connectivity index (χ2n) is 6.39. The van der Waals surface area contributed by atoms with Gasteiger partial charge in [-0.05, 0) is 68.3 Å². The van der Waals surface area contributed by atoms with Gasteiger partial charge in [0.2, 0.25) is 0 Å². The fourth-order valence-corrected chi connectivity index (χ4v) is 3.18. The smallest absolute Gasteiger partial charge is 0.266 e. The zero-order valence-electron chi connectivity index (χ0n) is 15.8. The van der Waals surface area contributed by atoms with Crippen molar-refractivity contribution < 1.29 is 4.79 Å². The Hall–Kier alpha value is -3.36. The van der Waals surface area contributed by atoms with Crippen LogP contribution in [0, 0.1) is 32.1 Å². The number of hydrogen-bond acceptors (Lipinski definition) is 3. The lowest BCUT2D eigenvalue weighted by Crippen LogP contribution is -2.14. The summed E-state index contributed by atoms with van der Waals surface area (Å²) in [6, 6.07) is 14.9. The van der Waals surface area contributed by atoms with E-state index in [-0.39, 0.29) is 5.57 Å². The molecule has 0 saturated heterocycles. The standard InChI is InChI=1S/C22H19ClN4O/c1-14-11-17(16(3)27(14)21-9-4-5-10-25-21)12-18(13-24)22(28)26-20-8-6-7-19(23)15(20)2/h4-12H,1-3H3,(H,26,28)/b18-12-. The van der Waals surface area contributed by atoms with E-state index >= 15 is 0 Å². The molecule has 0 aliphatic heterocycles. The topological polar surface area (TPSA) is 70.7 Å². The van der Waals surface area contributed by atoms with Crippen LogP contribution in [0.25, 0.3) is 11.9 Å². The van der Waals surface area contributed by atoms with E-state index in [1.54, 1.807) is 30.5 Å². The number of nitrogens with one attached hydrogen (secondary N) is 1. The van der Waals surface area contributed by atoms with Crippen LogP contribution in [0.5, 0.6) is 0 Å². The van der Waals surface area contributed by atoms with Gasteiger partial charge in [0.1, 0.15) is 17.5 Å². The van der Waals surface area contributed by atoms with Crippen molar-refractivity contribution in [2.75, 3.05) is 5.32 Å². The van der Waals surface area contributed by atoms with Crippen LogP contribution in [-0.2, 0) is 4.79 Å². The number of nitrogens with zero attached hydrogens (tertiary/aromatic N) is 3. The van der Waals surface area contributed by atoms with Gasteiger partial charge in [-0.3, -0.25) is 4.79 Å². The molecule has 3 aromatic rings. The van der Waals surface area contributed by atoms with Crippen molar-refractivity contribution in [3.8, 4) is 11.9 Å². The zero-order chi connectivity index (χ0) is 20.3. The number of hydrogen-bond donors (Lipinski definition) is 1. The van der Waals surface area contributed by atoms with Gasteiger partial charge in [-0.1, -0.05) is 23.7 Å². The average molecular weight is 391 g/mol. The van der Waals surface area contributed by atoms with E-state index in [0.29, 0.717) is 10.7 Å². The van der Waals surface area contributed by atoms with Gasteiger partial charge < -0.3 is 9.88 Å². The quantitative estimate of drug-likeness (QED) is 0.503. The molecular formula is C22H19ClN4O. The summed E-state index contributed by atoms with van der Waals surface area (Å²) in [6.07, 6.45) is 3.32. The molecule has 2 heterocycles. The fourth-order valence-electron chi connectivity index (χ4n) is 3.01. The monoisotopic (exact) mass is 390 g/mol. The highest BCUT2D eigenvalue weighted by molar-refractivity contribution is 6.31. The molecule has 3 rings (SSSR count). The maximum Gasteiger partial charge on any atom is 0.266 e. The van der Waals surface area contributed by atoms with Crippen LogP contribution >= 0.6 is 11.6 Å². The summed E-state index contributed by atoms with van der Waals surface area (Å²) >= 11 is 6.10. The summed E-state index contributed by atoms with van der Waals surface area (Å²) < 4.78 is 1.99. The molecular weight excluding hydrogens is 372 g/mol. The van der Waals surface area contributed by atoms with Crippen molar-refractivity contribution in [1.29, 1.82) is 5.26 Å². The first-order valence-corrected chi connectivity index (χ1v) is 9.08. The number of pyridine rings is 1. The summed E-state index contributed by atoms with van der Waals surface area (Å²) in [5.41, 5.74) is 4.00. The van der Waals surface area contributed by atoms with Gasteiger partial charge in [-0.15, -0.1) is 0 Å². The van der Waals surface area contributed by atoms with Gasteiger partial charge in [0, 0.05) is 28.3 Å². The maximum atomic E-state index is 12.6. The number of aryl methyl sites for hydroxylation is 1. The first-order valence-electron chi connectivity index (χ1n) is 8.71. The number of amides is 1. The van der Waals surface area contributed by atoms with Crippen LogP contribution in [0.15, 0.2) is 54.2 Å². The predicted molar refractivity (Wildman–Crippen MR) is 111 cm³/mol. The van der Waals surface area contributed by atoms with Crippen molar-refractivity contribution in [1.82, 2.24) is 9.55 Å². The van der Waals surface area contributed by atoms with Gasteiger partial charge in [0.15, 0.2) is 0 Å². The van der Waals surface area contributed by atoms with Crippen LogP contribution < -0.4 is 5.32 Å². The highest BCUT2D eigenvalue weighted by atomic mass is 35.5. The molecule has 0 aliphatic rings. The number of anilines is 1. The molecule has 28 heavy (non-hydrogen) atoms. The largest absolute Gasteiger partial charge is 0.321 e. The molecule has 1 aromatic carbocycles. The maximum absolute atomic E-state index is 12.6. The van der Waals surface area contributed by atoms with E-state index in [1.807, 2.05) is 55.7 Å². The summed E-state index contributed by atoms with van der Waals surface area (Å²) in [5.74, 6) is 0.310. The summed E-state index contributed by atoms with van der Waals surface area (Å²) in [5, 5.41) is 12.8. The third-order valence-electron chi connectivity index (χ3n) is 4.53. The Morgan fingerprint density at radius 2 is 2.00 bits per heavy atom. The number of carbonyl (C=O) groups excluding carboxylic acids is 1. The molecule has 140 valence electrons. The summed E-state index contributed by atoms with van der Waals surface area (Å²) in [7, 11) is 0. The lowest BCUT2D eigenvalue weighted by atomic mass is 10.1. The highest BCUT2D eigenvalue weighted by Crippen LogP contribution is 2.25. The summed E-state index contributed by atoms with van der Waals surface area (Å²) in [6.45, 7) is 5.70. The molecule has 0 spiro atoms. The molecule has 1 amide bonds. The minimum absolute atomic E-state index is 0.0145. The number of carbonyl (C=O) groups is 1. The Bertz CT molecular complexity index is 1110. The normalized spacial score (nSPS) is 11.2. The molecule has 2 aromatic heterocycles. The molecule has 1 N–H and O–H groups in total. The third-order valence-corrected chi connectivity index (χ3v) is 4.94. The lowest BCUT2D eigenvalue weighted by molar-refractivity contribution is -0.112. The van der Waals surface area contributed by atoms with Gasteiger partial charge in [-0.25, -0.2) is 4.98 Å². The van der Waals surface area contributed by atoms with Crippen LogP contribution in [0.2, 0.25) is 5.02 Å². The molecule has 0 saturated carbocycles. The molecule has 5 nitrogen and oxygen atoms in total. The molecule has 0 aliphatic carbocycles. The van der Waals surface area contributed by atoms with E-state index in [2.05, 4.69) is 10.3 Å². The molecule has 6 heteroatoms. The van der Waals surface area contributed by atoms with Gasteiger partial charge in [-0.2, -0.15) is 5.26 Å². The number of aromatic nitrogens is 2. The highest BCUT2D eigenvalue weighted by Gasteiger charge is 2.15. The number of nitriles is 1. The minimum atomic E-state index is -0.476. The van der Waals surface area contributed by atoms with Crippen molar-refractivity contribution in [2.45, 2.75) is 20.8 Å². The second kappa shape index (κ2) is 8.12. The first-order chi connectivity index (χ1) is 13.4. The van der Waals surface area contributed by atoms with Crippen molar-refractivity contribution in [2.24, 2.45) is 0 Å². The third kappa shape index (κ3) is 3.83. The Kier molecular flexibility index (Phi) is 5.62. The number of rotatable bonds is 4. The molecule has 0 radical (unpaired) electrons. The van der Waals surface area contributed by atoms with E-state index in [9.17, 15) is 10.1 Å². The number of benzene rings is 1. The van der Waals surface area contributed by atoms with E-state index in [1.165, 1.54) is 0 Å². The lowest BCUT2D eigenvalue weighted by Gasteiger charge is -2.09. The van der Waals surface area contributed by atoms with Crippen molar-refractivity contribution >= 4 is 29.3 Å². The van der Waals surface area contributed by atoms with E-state index < -0.39 is 5.91 Å². The van der Waals surface area contributed by atoms with Crippen molar-refractivity contribution in [3.63, 3.8) is 0 Å². The molecule has 0 unspecified atom stereocenters. The van der Waals surface area contributed by atoms with Crippen molar-refractivity contribution in [3.05, 3.63) is 81.8 Å². The Morgan fingerprint density at radius 1 is 1.21 bits per heavy atom. The van der Waals surface area contributed by atoms with E-state index in [0.717, 1.165) is 28.3 Å². The van der Waals surface area contributed by atoms with Crippen LogP contribution in [0.1, 0.15) is 22.5 Å². The molecule has 0 atom stereocenters. The van der Waals surface area contributed by atoms with Gasteiger partial charge in [0.25, 0.3) is 5.91 Å². The SMILES string of the molecule is Cc1c(Cl)cccc1NC(=O)/C(C#N)=C\c1cc(C)n(-c2ccccn2)c1C. The Morgan fingerprint density at radius 3 is 2.68 bits per heavy atom. The van der Waals surface area contributed by atoms with Crippen LogP contribution in [-0.4, -0.2) is 15.5 Å². The van der Waals surface area contributed by atoms with Gasteiger partial charge >= 0.3 is 0 Å². The fraction of sp³-hybridized carbons (Fsp3) is 0.136. The second-order valence-corrected chi connectivity index (χ2v) is 6.79. The number of halogens is 1. The van der Waals surface area contributed by atoms with Crippen LogP contribution in [0.4, 0.5) is 5.69 Å². The van der Waals surface area contributed by atoms with Crippen LogP contribution in [0.3, 0.4) is 0 Å². The zero-order valence-corrected chi connectivity index (χ0v) is 16.6. The average Bonchev–Trinajstić information content (AvgIpc) is 2.97. The minimum Gasteiger partial charge on any atom is -0.321 e. The molecule has 0 fully saturated rings. The van der Waals surface area contributed by atoms with E-state index in [4.69, 9.17) is 11.6 Å². The first kappa shape index (κ1) is 19.4. The Labute approximate surface area is 168 Å². The summed E-state index contributed by atoms with van der Waals surface area (Å²) in [4.78, 5) is 17.0. The van der Waals surface area contributed by atoms with Gasteiger partial charge in [0.05, 0.1) is 0 Å². The predicted octanol–water partition coefficient (Wildman–Crippen LogP) is 5.00.